The van der Waals surface area contributed by atoms with Crippen molar-refractivity contribution in [2.24, 2.45) is 0 Å². The first-order chi connectivity index (χ1) is 17.8. The highest BCUT2D eigenvalue weighted by molar-refractivity contribution is 7.22. The van der Waals surface area contributed by atoms with Crippen molar-refractivity contribution in [3.8, 4) is 5.75 Å². The summed E-state index contributed by atoms with van der Waals surface area (Å²) < 4.78 is 12.0. The number of anilines is 1. The molecule has 1 amide bonds. The zero-order valence-electron chi connectivity index (χ0n) is 19.2. The van der Waals surface area contributed by atoms with Gasteiger partial charge in [-0.2, -0.15) is 0 Å². The average Bonchev–Trinajstić information content (AvgIpc) is 3.65. The molecule has 0 saturated carbocycles. The number of aliphatic hydroxyl groups is 1. The molecule has 5 aromatic rings. The number of Topliss-reactive ketones (excluding diaryl/α,β-unsaturated/α-hetero) is 1. The third-order valence-corrected chi connectivity index (χ3v) is 8.69. The molecule has 1 N–H and O–H groups in total. The molecule has 37 heavy (non-hydrogen) atoms. The molecule has 11 heteroatoms. The van der Waals surface area contributed by atoms with Crippen LogP contribution in [0.25, 0.3) is 21.2 Å². The Kier molecular flexibility index (Phi) is 5.76. The molecule has 0 spiro atoms. The fourth-order valence-corrected chi connectivity index (χ4v) is 6.64. The van der Waals surface area contributed by atoms with Crippen molar-refractivity contribution in [2.45, 2.75) is 13.0 Å². The van der Waals surface area contributed by atoms with Crippen LogP contribution >= 0.6 is 45.9 Å². The van der Waals surface area contributed by atoms with E-state index in [1.54, 1.807) is 24.3 Å². The molecule has 6 rings (SSSR count). The van der Waals surface area contributed by atoms with Crippen molar-refractivity contribution in [3.63, 3.8) is 0 Å². The third kappa shape index (κ3) is 3.81. The summed E-state index contributed by atoms with van der Waals surface area (Å²) in [6.45, 7) is 1.89. The minimum atomic E-state index is -0.893. The number of fused-ring (bicyclic) bond motifs is 2. The average molecular weight is 571 g/mol. The summed E-state index contributed by atoms with van der Waals surface area (Å²) in [5, 5.41) is 14.7. The van der Waals surface area contributed by atoms with E-state index in [2.05, 4.69) is 4.98 Å². The fraction of sp³-hybridized carbons (Fsp3) is 0.115. The number of aryl methyl sites for hydroxylation is 1. The lowest BCUT2D eigenvalue weighted by Crippen LogP contribution is -2.30. The van der Waals surface area contributed by atoms with E-state index in [1.807, 2.05) is 24.4 Å². The maximum Gasteiger partial charge on any atom is 0.296 e. The van der Waals surface area contributed by atoms with Gasteiger partial charge in [0.15, 0.2) is 28.0 Å². The van der Waals surface area contributed by atoms with Gasteiger partial charge < -0.3 is 14.3 Å². The van der Waals surface area contributed by atoms with Crippen LogP contribution in [0.1, 0.15) is 27.0 Å². The minimum Gasteiger partial charge on any atom is -0.503 e. The number of furan rings is 1. The highest BCUT2D eigenvalue weighted by Gasteiger charge is 2.47. The minimum absolute atomic E-state index is 0.0555. The summed E-state index contributed by atoms with van der Waals surface area (Å²) in [5.41, 5.74) is 1.74. The molecule has 1 unspecified atom stereocenters. The van der Waals surface area contributed by atoms with Crippen LogP contribution in [-0.2, 0) is 4.79 Å². The Balaban J connectivity index is 1.49. The van der Waals surface area contributed by atoms with E-state index in [1.165, 1.54) is 40.7 Å². The smallest absolute Gasteiger partial charge is 0.296 e. The lowest BCUT2D eigenvalue weighted by atomic mass is 10.0. The summed E-state index contributed by atoms with van der Waals surface area (Å²) in [6.07, 6.45) is 0. The van der Waals surface area contributed by atoms with E-state index in [0.29, 0.717) is 42.3 Å². The Morgan fingerprint density at radius 1 is 1.22 bits per heavy atom. The molecule has 0 radical (unpaired) electrons. The van der Waals surface area contributed by atoms with Crippen LogP contribution in [0.2, 0.25) is 10.0 Å². The van der Waals surface area contributed by atoms with E-state index in [9.17, 15) is 14.7 Å². The zero-order valence-corrected chi connectivity index (χ0v) is 22.4. The predicted molar refractivity (Wildman–Crippen MR) is 146 cm³/mol. The number of ketones is 1. The number of benzene rings is 2. The number of nitrogens with zero attached hydrogens (tertiary/aromatic N) is 2. The van der Waals surface area contributed by atoms with Gasteiger partial charge in [0.1, 0.15) is 6.04 Å². The number of halogens is 2. The number of thiazole rings is 1. The Labute approximate surface area is 228 Å². The highest BCUT2D eigenvalue weighted by atomic mass is 35.5. The second-order valence-electron chi connectivity index (χ2n) is 8.39. The van der Waals surface area contributed by atoms with Crippen LogP contribution in [0.4, 0.5) is 5.13 Å². The van der Waals surface area contributed by atoms with E-state index >= 15 is 0 Å². The van der Waals surface area contributed by atoms with Crippen molar-refractivity contribution in [2.75, 3.05) is 12.0 Å². The molecule has 186 valence electrons. The van der Waals surface area contributed by atoms with Gasteiger partial charge in [0, 0.05) is 26.4 Å². The summed E-state index contributed by atoms with van der Waals surface area (Å²) in [6, 6.07) is 11.1. The number of thiophene rings is 1. The zero-order chi connectivity index (χ0) is 26.0. The summed E-state index contributed by atoms with van der Waals surface area (Å²) in [7, 11) is 1.47. The topological polar surface area (TPSA) is 92.9 Å². The number of carbonyl (C=O) groups is 2. The van der Waals surface area contributed by atoms with Crippen molar-refractivity contribution in [1.82, 2.24) is 4.98 Å². The number of amides is 1. The van der Waals surface area contributed by atoms with Crippen molar-refractivity contribution in [3.05, 3.63) is 85.4 Å². The van der Waals surface area contributed by atoms with Gasteiger partial charge in [-0.25, -0.2) is 4.98 Å². The molecule has 4 heterocycles. The maximum absolute atomic E-state index is 13.8. The van der Waals surface area contributed by atoms with E-state index in [4.69, 9.17) is 32.4 Å². The fourth-order valence-electron chi connectivity index (χ4n) is 4.37. The quantitative estimate of drug-likeness (QED) is 0.220. The highest BCUT2D eigenvalue weighted by Crippen LogP contribution is 2.46. The summed E-state index contributed by atoms with van der Waals surface area (Å²) in [5.74, 6) is -1.69. The van der Waals surface area contributed by atoms with Gasteiger partial charge in [0.25, 0.3) is 5.91 Å². The van der Waals surface area contributed by atoms with Crippen LogP contribution in [0.15, 0.2) is 63.6 Å². The molecule has 3 aromatic heterocycles. The Bertz CT molecular complexity index is 1730. The molecule has 1 atom stereocenters. The first-order valence-electron chi connectivity index (χ1n) is 11.0. The first-order valence-corrected chi connectivity index (χ1v) is 13.4. The first kappa shape index (κ1) is 24.0. The number of rotatable bonds is 5. The molecular weight excluding hydrogens is 555 g/mol. The molecule has 0 saturated heterocycles. The monoisotopic (exact) mass is 570 g/mol. The normalized spacial score (nSPS) is 15.9. The van der Waals surface area contributed by atoms with Gasteiger partial charge in [-0.1, -0.05) is 40.6 Å². The van der Waals surface area contributed by atoms with E-state index < -0.39 is 23.5 Å². The van der Waals surface area contributed by atoms with Crippen molar-refractivity contribution >= 4 is 83.9 Å². The Morgan fingerprint density at radius 3 is 2.76 bits per heavy atom. The van der Waals surface area contributed by atoms with Crippen LogP contribution in [-0.4, -0.2) is 28.9 Å². The molecule has 0 aliphatic carbocycles. The van der Waals surface area contributed by atoms with Crippen LogP contribution in [0.3, 0.4) is 0 Å². The van der Waals surface area contributed by atoms with Crippen molar-refractivity contribution in [1.29, 1.82) is 0 Å². The second kappa shape index (κ2) is 8.88. The van der Waals surface area contributed by atoms with Crippen LogP contribution in [0, 0.1) is 6.92 Å². The SMILES string of the molecule is COc1cc(Cl)cc2cc(C(=O)C3=C(O)C(=O)N(c4nc5cc(Cl)c(C)cc5s4)C3c3cccs3)oc12. The van der Waals surface area contributed by atoms with E-state index in [-0.39, 0.29) is 11.3 Å². The number of carbonyl (C=O) groups excluding carboxylic acids is 2. The van der Waals surface area contributed by atoms with Crippen molar-refractivity contribution < 1.29 is 23.8 Å². The molecular formula is C26H16Cl2N2O5S2. The number of ether oxygens (including phenoxy) is 1. The van der Waals surface area contributed by atoms with Crippen LogP contribution in [0.5, 0.6) is 5.75 Å². The molecule has 7 nitrogen and oxygen atoms in total. The van der Waals surface area contributed by atoms with Gasteiger partial charge in [-0.3, -0.25) is 14.5 Å². The molecule has 1 aliphatic rings. The molecule has 1 aliphatic heterocycles. The number of hydrogen-bond acceptors (Lipinski definition) is 8. The number of hydrogen-bond donors (Lipinski definition) is 1. The molecule has 0 fully saturated rings. The second-order valence-corrected chi connectivity index (χ2v) is 11.2. The lowest BCUT2D eigenvalue weighted by Gasteiger charge is -2.22. The van der Waals surface area contributed by atoms with Crippen LogP contribution < -0.4 is 9.64 Å². The third-order valence-electron chi connectivity index (χ3n) is 6.12. The van der Waals surface area contributed by atoms with Gasteiger partial charge in [0.2, 0.25) is 5.78 Å². The lowest BCUT2D eigenvalue weighted by molar-refractivity contribution is -0.117. The number of aromatic nitrogens is 1. The number of aliphatic hydroxyl groups excluding tert-OH is 1. The standard InChI is InChI=1S/C26H16Cl2N2O5S2/c1-11-6-19-15(10-14(11)28)29-26(37-19)30-21(18-4-3-5-36-18)20(23(32)25(30)33)22(31)16-8-12-7-13(27)9-17(34-2)24(12)35-16/h3-10,21,32H,1-2H3. The van der Waals surface area contributed by atoms with Gasteiger partial charge >= 0.3 is 0 Å². The molecule has 0 bridgehead atoms. The van der Waals surface area contributed by atoms with Gasteiger partial charge in [-0.05, 0) is 48.2 Å². The largest absolute Gasteiger partial charge is 0.503 e. The summed E-state index contributed by atoms with van der Waals surface area (Å²) >= 11 is 15.1. The number of methoxy groups -OCH3 is 1. The van der Waals surface area contributed by atoms with Gasteiger partial charge in [0.05, 0.1) is 22.9 Å². The Hall–Kier alpha value is -3.37. The predicted octanol–water partition coefficient (Wildman–Crippen LogP) is 7.51. The Morgan fingerprint density at radius 2 is 2.03 bits per heavy atom. The van der Waals surface area contributed by atoms with E-state index in [0.717, 1.165) is 10.3 Å². The summed E-state index contributed by atoms with van der Waals surface area (Å²) in [4.78, 5) is 33.9. The molecule has 2 aromatic carbocycles. The maximum atomic E-state index is 13.8. The van der Waals surface area contributed by atoms with Gasteiger partial charge in [-0.15, -0.1) is 11.3 Å².